The second-order valence-corrected chi connectivity index (χ2v) is 2.89. The molecule has 72 valence electrons. The molecule has 2 rings (SSSR count). The molecule has 0 aliphatic heterocycles. The standard InChI is InChI=1S/C11H11NO2/c1-13-9-5-3-4-8-6-7-10(14-2)12-11(8)9/h3-7H,1-2H3. The van der Waals surface area contributed by atoms with Gasteiger partial charge in [0, 0.05) is 11.5 Å². The Labute approximate surface area is 82.3 Å². The molecule has 0 radical (unpaired) electrons. The van der Waals surface area contributed by atoms with Gasteiger partial charge in [-0.25, -0.2) is 4.98 Å². The van der Waals surface area contributed by atoms with Crippen LogP contribution in [-0.2, 0) is 0 Å². The van der Waals surface area contributed by atoms with Gasteiger partial charge in [-0.3, -0.25) is 0 Å². The number of methoxy groups -OCH3 is 2. The van der Waals surface area contributed by atoms with Gasteiger partial charge in [-0.05, 0) is 12.1 Å². The Morgan fingerprint density at radius 2 is 1.86 bits per heavy atom. The van der Waals surface area contributed by atoms with Crippen LogP contribution >= 0.6 is 0 Å². The SMILES string of the molecule is COc1ccc2cccc(OC)c2n1. The summed E-state index contributed by atoms with van der Waals surface area (Å²) in [4.78, 5) is 4.32. The molecule has 3 nitrogen and oxygen atoms in total. The zero-order chi connectivity index (χ0) is 9.97. The molecule has 0 aliphatic carbocycles. The van der Waals surface area contributed by atoms with Crippen molar-refractivity contribution in [2.45, 2.75) is 0 Å². The second-order valence-electron chi connectivity index (χ2n) is 2.89. The predicted molar refractivity (Wildman–Crippen MR) is 54.8 cm³/mol. The van der Waals surface area contributed by atoms with Gasteiger partial charge in [0.15, 0.2) is 0 Å². The molecule has 14 heavy (non-hydrogen) atoms. The van der Waals surface area contributed by atoms with Crippen LogP contribution in [0.15, 0.2) is 30.3 Å². The van der Waals surface area contributed by atoms with E-state index in [1.165, 1.54) is 0 Å². The molecule has 0 unspecified atom stereocenters. The van der Waals surface area contributed by atoms with E-state index in [9.17, 15) is 0 Å². The van der Waals surface area contributed by atoms with Crippen LogP contribution in [0.2, 0.25) is 0 Å². The van der Waals surface area contributed by atoms with Crippen LogP contribution < -0.4 is 9.47 Å². The number of hydrogen-bond donors (Lipinski definition) is 0. The quantitative estimate of drug-likeness (QED) is 0.726. The fourth-order valence-corrected chi connectivity index (χ4v) is 1.38. The van der Waals surface area contributed by atoms with Crippen molar-refractivity contribution in [3.8, 4) is 11.6 Å². The number of para-hydroxylation sites is 1. The number of ether oxygens (including phenoxy) is 2. The summed E-state index contributed by atoms with van der Waals surface area (Å²) in [6, 6.07) is 9.61. The summed E-state index contributed by atoms with van der Waals surface area (Å²) in [5.41, 5.74) is 0.828. The van der Waals surface area contributed by atoms with Crippen molar-refractivity contribution >= 4 is 10.9 Å². The van der Waals surface area contributed by atoms with E-state index in [2.05, 4.69) is 4.98 Å². The average molecular weight is 189 g/mol. The first kappa shape index (κ1) is 8.81. The molecule has 0 saturated heterocycles. The van der Waals surface area contributed by atoms with Crippen LogP contribution in [0, 0.1) is 0 Å². The van der Waals surface area contributed by atoms with E-state index in [0.717, 1.165) is 16.7 Å². The molecule has 0 spiro atoms. The Bertz CT molecular complexity index is 454. The first-order valence-electron chi connectivity index (χ1n) is 4.33. The second kappa shape index (κ2) is 3.54. The Morgan fingerprint density at radius 1 is 1.00 bits per heavy atom. The number of benzene rings is 1. The van der Waals surface area contributed by atoms with Crippen molar-refractivity contribution in [3.63, 3.8) is 0 Å². The largest absolute Gasteiger partial charge is 0.494 e. The van der Waals surface area contributed by atoms with Crippen LogP contribution in [0.1, 0.15) is 0 Å². The molecule has 1 aromatic carbocycles. The number of nitrogens with zero attached hydrogens (tertiary/aromatic N) is 1. The summed E-state index contributed by atoms with van der Waals surface area (Å²) < 4.78 is 10.3. The molecule has 0 atom stereocenters. The highest BCUT2D eigenvalue weighted by atomic mass is 16.5. The Kier molecular flexibility index (Phi) is 2.23. The van der Waals surface area contributed by atoms with Gasteiger partial charge in [-0.2, -0.15) is 0 Å². The molecule has 0 bridgehead atoms. The number of aromatic nitrogens is 1. The first-order chi connectivity index (χ1) is 6.85. The first-order valence-corrected chi connectivity index (χ1v) is 4.33. The summed E-state index contributed by atoms with van der Waals surface area (Å²) in [6.45, 7) is 0. The van der Waals surface area contributed by atoms with Gasteiger partial charge in [0.1, 0.15) is 11.3 Å². The molecule has 0 fully saturated rings. The normalized spacial score (nSPS) is 10.1. The van der Waals surface area contributed by atoms with Crippen LogP contribution in [0.25, 0.3) is 10.9 Å². The lowest BCUT2D eigenvalue weighted by Gasteiger charge is -2.05. The van der Waals surface area contributed by atoms with E-state index < -0.39 is 0 Å². The monoisotopic (exact) mass is 189 g/mol. The molecule has 0 aliphatic rings. The molecular weight excluding hydrogens is 178 g/mol. The maximum absolute atomic E-state index is 5.21. The summed E-state index contributed by atoms with van der Waals surface area (Å²) in [6.07, 6.45) is 0. The maximum Gasteiger partial charge on any atom is 0.213 e. The lowest BCUT2D eigenvalue weighted by molar-refractivity contribution is 0.396. The van der Waals surface area contributed by atoms with E-state index in [1.807, 2.05) is 30.3 Å². The van der Waals surface area contributed by atoms with Crippen molar-refractivity contribution < 1.29 is 9.47 Å². The summed E-state index contributed by atoms with van der Waals surface area (Å²) in [7, 11) is 3.24. The number of rotatable bonds is 2. The average Bonchev–Trinajstić information content (AvgIpc) is 2.27. The molecular formula is C11H11NO2. The minimum atomic E-state index is 0.599. The third-order valence-electron chi connectivity index (χ3n) is 2.09. The van der Waals surface area contributed by atoms with Crippen molar-refractivity contribution in [3.05, 3.63) is 30.3 Å². The van der Waals surface area contributed by atoms with Crippen molar-refractivity contribution in [2.24, 2.45) is 0 Å². The minimum absolute atomic E-state index is 0.599. The molecule has 3 heteroatoms. The van der Waals surface area contributed by atoms with Crippen LogP contribution in [0.4, 0.5) is 0 Å². The van der Waals surface area contributed by atoms with Crippen LogP contribution in [0.5, 0.6) is 11.6 Å². The third-order valence-corrected chi connectivity index (χ3v) is 2.09. The molecule has 0 amide bonds. The van der Waals surface area contributed by atoms with Crippen LogP contribution in [0.3, 0.4) is 0 Å². The molecule has 0 N–H and O–H groups in total. The third kappa shape index (κ3) is 1.37. The van der Waals surface area contributed by atoms with Gasteiger partial charge in [0.25, 0.3) is 0 Å². The van der Waals surface area contributed by atoms with Gasteiger partial charge in [-0.1, -0.05) is 12.1 Å². The predicted octanol–water partition coefficient (Wildman–Crippen LogP) is 2.25. The minimum Gasteiger partial charge on any atom is -0.494 e. The van der Waals surface area contributed by atoms with E-state index >= 15 is 0 Å². The zero-order valence-corrected chi connectivity index (χ0v) is 8.15. The highest BCUT2D eigenvalue weighted by molar-refractivity contribution is 5.84. The summed E-state index contributed by atoms with van der Waals surface area (Å²) >= 11 is 0. The number of hydrogen-bond acceptors (Lipinski definition) is 3. The van der Waals surface area contributed by atoms with E-state index in [0.29, 0.717) is 5.88 Å². The van der Waals surface area contributed by atoms with Crippen molar-refractivity contribution in [1.29, 1.82) is 0 Å². The van der Waals surface area contributed by atoms with E-state index in [4.69, 9.17) is 9.47 Å². The molecule has 1 heterocycles. The number of pyridine rings is 1. The Hall–Kier alpha value is -1.77. The van der Waals surface area contributed by atoms with Gasteiger partial charge < -0.3 is 9.47 Å². The summed E-state index contributed by atoms with van der Waals surface area (Å²) in [5, 5.41) is 1.05. The zero-order valence-electron chi connectivity index (χ0n) is 8.15. The fourth-order valence-electron chi connectivity index (χ4n) is 1.38. The lowest BCUT2D eigenvalue weighted by atomic mass is 10.2. The van der Waals surface area contributed by atoms with Crippen molar-refractivity contribution in [1.82, 2.24) is 4.98 Å². The lowest BCUT2D eigenvalue weighted by Crippen LogP contribution is -1.90. The Balaban J connectivity index is 2.70. The smallest absolute Gasteiger partial charge is 0.213 e. The van der Waals surface area contributed by atoms with Gasteiger partial charge in [0.2, 0.25) is 5.88 Å². The summed E-state index contributed by atoms with van der Waals surface area (Å²) in [5.74, 6) is 1.36. The van der Waals surface area contributed by atoms with E-state index in [-0.39, 0.29) is 0 Å². The Morgan fingerprint density at radius 3 is 2.57 bits per heavy atom. The topological polar surface area (TPSA) is 31.4 Å². The van der Waals surface area contributed by atoms with Crippen LogP contribution in [-0.4, -0.2) is 19.2 Å². The number of fused-ring (bicyclic) bond motifs is 1. The van der Waals surface area contributed by atoms with E-state index in [1.54, 1.807) is 14.2 Å². The fraction of sp³-hybridized carbons (Fsp3) is 0.182. The van der Waals surface area contributed by atoms with Crippen molar-refractivity contribution in [2.75, 3.05) is 14.2 Å². The van der Waals surface area contributed by atoms with Gasteiger partial charge in [0.05, 0.1) is 14.2 Å². The highest BCUT2D eigenvalue weighted by Gasteiger charge is 2.03. The molecule has 0 saturated carbocycles. The van der Waals surface area contributed by atoms with Gasteiger partial charge >= 0.3 is 0 Å². The molecule has 2 aromatic rings. The maximum atomic E-state index is 5.21. The highest BCUT2D eigenvalue weighted by Crippen LogP contribution is 2.25. The molecule has 1 aromatic heterocycles. The van der Waals surface area contributed by atoms with Gasteiger partial charge in [-0.15, -0.1) is 0 Å².